The van der Waals surface area contributed by atoms with E-state index in [1.807, 2.05) is 6.08 Å². The molecule has 0 radical (unpaired) electrons. The predicted octanol–water partition coefficient (Wildman–Crippen LogP) is 2.58. The van der Waals surface area contributed by atoms with Crippen molar-refractivity contribution in [3.05, 3.63) is 12.2 Å². The fourth-order valence-electron chi connectivity index (χ4n) is 1.72. The molecule has 1 fully saturated rings. The minimum Gasteiger partial charge on any atom is -0.285 e. The molecule has 78 valence electrons. The fourth-order valence-corrected chi connectivity index (χ4v) is 1.99. The molecular weight excluding hydrogens is 196 g/mol. The maximum atomic E-state index is 11.2. The van der Waals surface area contributed by atoms with Crippen LogP contribution in [-0.4, -0.2) is 17.2 Å². The van der Waals surface area contributed by atoms with Crippen LogP contribution in [-0.2, 0) is 9.59 Å². The molecule has 0 aromatic rings. The van der Waals surface area contributed by atoms with Gasteiger partial charge in [0.1, 0.15) is 0 Å². The van der Waals surface area contributed by atoms with E-state index < -0.39 is 0 Å². The van der Waals surface area contributed by atoms with Crippen molar-refractivity contribution in [2.45, 2.75) is 32.1 Å². The molecule has 0 spiro atoms. The van der Waals surface area contributed by atoms with Crippen molar-refractivity contribution >= 4 is 22.7 Å². The molecule has 1 aliphatic carbocycles. The highest BCUT2D eigenvalue weighted by Crippen LogP contribution is 2.24. The van der Waals surface area contributed by atoms with Crippen LogP contribution < -0.4 is 0 Å². The second-order valence-electron chi connectivity index (χ2n) is 3.61. The van der Waals surface area contributed by atoms with E-state index in [0.717, 1.165) is 24.6 Å². The van der Waals surface area contributed by atoms with Gasteiger partial charge in [-0.25, -0.2) is 0 Å². The number of thioether (sulfide) groups is 1. The lowest BCUT2D eigenvalue weighted by Crippen LogP contribution is -2.08. The van der Waals surface area contributed by atoms with Gasteiger partial charge in [0.25, 0.3) is 5.12 Å². The molecule has 14 heavy (non-hydrogen) atoms. The molecule has 0 saturated heterocycles. The molecule has 0 unspecified atom stereocenters. The smallest absolute Gasteiger partial charge is 0.259 e. The summed E-state index contributed by atoms with van der Waals surface area (Å²) in [5.74, 6) is 0.144. The van der Waals surface area contributed by atoms with E-state index >= 15 is 0 Å². The Morgan fingerprint density at radius 2 is 1.86 bits per heavy atom. The summed E-state index contributed by atoms with van der Waals surface area (Å²) >= 11 is 0.980. The molecule has 3 heteroatoms. The summed E-state index contributed by atoms with van der Waals surface area (Å²) in [4.78, 5) is 22.1. The number of rotatable bonds is 3. The molecule has 1 rings (SSSR count). The van der Waals surface area contributed by atoms with Crippen LogP contribution in [0.5, 0.6) is 0 Å². The average molecular weight is 212 g/mol. The van der Waals surface area contributed by atoms with E-state index in [2.05, 4.69) is 0 Å². The number of allylic oxidation sites excluding steroid dienone is 2. The first-order chi connectivity index (χ1) is 6.74. The summed E-state index contributed by atoms with van der Waals surface area (Å²) in [6.07, 6.45) is 11.1. The normalized spacial score (nSPS) is 18.6. The monoisotopic (exact) mass is 212 g/mol. The zero-order valence-electron chi connectivity index (χ0n) is 8.49. The molecule has 0 aliphatic heterocycles. The number of ketones is 1. The van der Waals surface area contributed by atoms with Gasteiger partial charge in [0, 0.05) is 0 Å². The van der Waals surface area contributed by atoms with E-state index in [9.17, 15) is 9.59 Å². The molecule has 2 nitrogen and oxygen atoms in total. The van der Waals surface area contributed by atoms with Crippen LogP contribution in [0, 0.1) is 5.92 Å². The molecular formula is C11H16O2S. The van der Waals surface area contributed by atoms with Gasteiger partial charge in [0.2, 0.25) is 5.78 Å². The lowest BCUT2D eigenvalue weighted by Gasteiger charge is -2.17. The Kier molecular flexibility index (Phi) is 4.94. The summed E-state index contributed by atoms with van der Waals surface area (Å²) in [5, 5.41) is -0.364. The Balaban J connectivity index is 2.37. The van der Waals surface area contributed by atoms with Gasteiger partial charge in [-0.2, -0.15) is 0 Å². The number of carbonyl (C=O) groups excluding carboxylic acids is 2. The molecule has 0 N–H and O–H groups in total. The Hall–Kier alpha value is -0.570. The zero-order valence-corrected chi connectivity index (χ0v) is 9.31. The molecule has 0 atom stereocenters. The van der Waals surface area contributed by atoms with Crippen LogP contribution >= 0.6 is 11.8 Å². The highest BCUT2D eigenvalue weighted by atomic mass is 32.2. The van der Waals surface area contributed by atoms with Crippen LogP contribution in [0.2, 0.25) is 0 Å². The van der Waals surface area contributed by atoms with Gasteiger partial charge in [0.15, 0.2) is 0 Å². The van der Waals surface area contributed by atoms with Crippen LogP contribution in [0.3, 0.4) is 0 Å². The Labute approximate surface area is 89.1 Å². The molecule has 1 saturated carbocycles. The van der Waals surface area contributed by atoms with Crippen molar-refractivity contribution in [3.8, 4) is 0 Å². The van der Waals surface area contributed by atoms with Crippen molar-refractivity contribution in [2.24, 2.45) is 5.92 Å². The first-order valence-corrected chi connectivity index (χ1v) is 6.27. The second kappa shape index (κ2) is 6.02. The summed E-state index contributed by atoms with van der Waals surface area (Å²) in [6, 6.07) is 0. The molecule has 0 aromatic heterocycles. The summed E-state index contributed by atoms with van der Waals surface area (Å²) in [6.45, 7) is 0. The third-order valence-electron chi connectivity index (χ3n) is 2.56. The predicted molar refractivity (Wildman–Crippen MR) is 59.2 cm³/mol. The fraction of sp³-hybridized carbons (Fsp3) is 0.636. The highest BCUT2D eigenvalue weighted by molar-refractivity contribution is 8.14. The lowest BCUT2D eigenvalue weighted by atomic mass is 9.89. The highest BCUT2D eigenvalue weighted by Gasteiger charge is 2.12. The van der Waals surface area contributed by atoms with Gasteiger partial charge in [-0.1, -0.05) is 37.1 Å². The van der Waals surface area contributed by atoms with E-state index in [1.165, 1.54) is 25.3 Å². The van der Waals surface area contributed by atoms with Crippen LogP contribution in [0.4, 0.5) is 0 Å². The molecule has 0 bridgehead atoms. The zero-order chi connectivity index (χ0) is 10.4. The summed E-state index contributed by atoms with van der Waals surface area (Å²) in [5.41, 5.74) is 0. The summed E-state index contributed by atoms with van der Waals surface area (Å²) in [7, 11) is 0. The first-order valence-electron chi connectivity index (χ1n) is 5.04. The Bertz CT molecular complexity index is 240. The molecule has 1 aliphatic rings. The van der Waals surface area contributed by atoms with Gasteiger partial charge in [-0.05, 0) is 31.1 Å². The standard InChI is InChI=1S/C11H16O2S/c1-14-11(13)10(12)8-7-9-5-3-2-4-6-9/h7-9H,2-6H2,1H3/b8-7+. The number of hydrogen-bond donors (Lipinski definition) is 0. The van der Waals surface area contributed by atoms with E-state index in [0.29, 0.717) is 5.92 Å². The number of carbonyl (C=O) groups is 2. The topological polar surface area (TPSA) is 34.1 Å². The minimum absolute atomic E-state index is 0.364. The third-order valence-corrected chi connectivity index (χ3v) is 3.13. The SMILES string of the molecule is CSC(=O)C(=O)/C=C/C1CCCCC1. The molecule has 0 heterocycles. The Morgan fingerprint density at radius 1 is 1.21 bits per heavy atom. The van der Waals surface area contributed by atoms with Crippen molar-refractivity contribution in [3.63, 3.8) is 0 Å². The van der Waals surface area contributed by atoms with Crippen molar-refractivity contribution in [1.82, 2.24) is 0 Å². The average Bonchev–Trinajstić information content (AvgIpc) is 2.26. The maximum Gasteiger partial charge on any atom is 0.259 e. The largest absolute Gasteiger partial charge is 0.285 e. The van der Waals surface area contributed by atoms with E-state index in [-0.39, 0.29) is 10.9 Å². The van der Waals surface area contributed by atoms with Gasteiger partial charge >= 0.3 is 0 Å². The van der Waals surface area contributed by atoms with Crippen molar-refractivity contribution in [2.75, 3.05) is 6.26 Å². The quantitative estimate of drug-likeness (QED) is 0.532. The van der Waals surface area contributed by atoms with Crippen LogP contribution in [0.1, 0.15) is 32.1 Å². The van der Waals surface area contributed by atoms with Gasteiger partial charge in [-0.3, -0.25) is 9.59 Å². The molecule has 0 amide bonds. The van der Waals surface area contributed by atoms with Gasteiger partial charge < -0.3 is 0 Å². The summed E-state index contributed by atoms with van der Waals surface area (Å²) < 4.78 is 0. The van der Waals surface area contributed by atoms with E-state index in [1.54, 1.807) is 6.26 Å². The minimum atomic E-state index is -0.372. The van der Waals surface area contributed by atoms with Gasteiger partial charge in [-0.15, -0.1) is 0 Å². The van der Waals surface area contributed by atoms with Crippen molar-refractivity contribution < 1.29 is 9.59 Å². The lowest BCUT2D eigenvalue weighted by molar-refractivity contribution is -0.128. The van der Waals surface area contributed by atoms with Crippen molar-refractivity contribution in [1.29, 1.82) is 0 Å². The van der Waals surface area contributed by atoms with Crippen LogP contribution in [0.25, 0.3) is 0 Å². The second-order valence-corrected chi connectivity index (χ2v) is 4.39. The van der Waals surface area contributed by atoms with Crippen LogP contribution in [0.15, 0.2) is 12.2 Å². The Morgan fingerprint density at radius 3 is 2.43 bits per heavy atom. The maximum absolute atomic E-state index is 11.2. The van der Waals surface area contributed by atoms with E-state index in [4.69, 9.17) is 0 Å². The third kappa shape index (κ3) is 3.66. The van der Waals surface area contributed by atoms with Gasteiger partial charge in [0.05, 0.1) is 0 Å². The number of hydrogen-bond acceptors (Lipinski definition) is 3. The molecule has 0 aromatic carbocycles. The first kappa shape index (κ1) is 11.5.